The van der Waals surface area contributed by atoms with Crippen molar-refractivity contribution in [2.75, 3.05) is 4.90 Å². The summed E-state index contributed by atoms with van der Waals surface area (Å²) in [5.74, 6) is -4.26. The molecular formula is C18H11F3N2O3S2. The summed E-state index contributed by atoms with van der Waals surface area (Å²) >= 11 is 1.76. The number of carbonyl (C=O) groups is 2. The highest BCUT2D eigenvalue weighted by Crippen LogP contribution is 2.43. The zero-order valence-corrected chi connectivity index (χ0v) is 15.6. The third-order valence-corrected chi connectivity index (χ3v) is 6.53. The Hall–Kier alpha value is -2.59. The molecule has 1 amide bonds. The highest BCUT2D eigenvalue weighted by atomic mass is 32.2. The molecule has 0 aliphatic carbocycles. The Labute approximate surface area is 164 Å². The van der Waals surface area contributed by atoms with Crippen molar-refractivity contribution in [3.05, 3.63) is 52.8 Å². The van der Waals surface area contributed by atoms with Gasteiger partial charge in [-0.1, -0.05) is 6.07 Å². The Bertz CT molecular complexity index is 1120. The summed E-state index contributed by atoms with van der Waals surface area (Å²) in [4.78, 5) is 29.6. The molecule has 1 atom stereocenters. The Balaban J connectivity index is 1.75. The number of amides is 1. The van der Waals surface area contributed by atoms with E-state index in [0.29, 0.717) is 10.7 Å². The van der Waals surface area contributed by atoms with E-state index in [4.69, 9.17) is 5.11 Å². The SMILES string of the molecule is O=C(O)CC1Sc2c(F)cccc2N(Cc2nc3ccc(F)c(F)c3s2)C1=O. The summed E-state index contributed by atoms with van der Waals surface area (Å²) in [6.45, 7) is -0.105. The van der Waals surface area contributed by atoms with Gasteiger partial charge in [0.2, 0.25) is 5.91 Å². The van der Waals surface area contributed by atoms with Gasteiger partial charge in [0.05, 0.1) is 39.0 Å². The fourth-order valence-electron chi connectivity index (χ4n) is 2.95. The molecule has 0 bridgehead atoms. The smallest absolute Gasteiger partial charge is 0.305 e. The van der Waals surface area contributed by atoms with Crippen molar-refractivity contribution in [3.8, 4) is 0 Å². The quantitative estimate of drug-likeness (QED) is 0.680. The van der Waals surface area contributed by atoms with Gasteiger partial charge in [0.15, 0.2) is 11.6 Å². The molecule has 3 aromatic rings. The van der Waals surface area contributed by atoms with Crippen LogP contribution in [0.15, 0.2) is 35.2 Å². The van der Waals surface area contributed by atoms with Gasteiger partial charge in [-0.25, -0.2) is 18.2 Å². The molecular weight excluding hydrogens is 413 g/mol. The summed E-state index contributed by atoms with van der Waals surface area (Å²) < 4.78 is 41.7. The van der Waals surface area contributed by atoms with Crippen molar-refractivity contribution in [1.29, 1.82) is 0 Å². The third kappa shape index (κ3) is 3.22. The maximum absolute atomic E-state index is 14.3. The molecule has 5 nitrogen and oxygen atoms in total. The number of aromatic nitrogens is 1. The van der Waals surface area contributed by atoms with Gasteiger partial charge in [-0.15, -0.1) is 23.1 Å². The summed E-state index contributed by atoms with van der Waals surface area (Å²) in [5.41, 5.74) is 0.543. The molecule has 144 valence electrons. The van der Waals surface area contributed by atoms with Crippen molar-refractivity contribution < 1.29 is 27.9 Å². The first-order valence-corrected chi connectivity index (χ1v) is 9.76. The van der Waals surface area contributed by atoms with Crippen LogP contribution in [0.5, 0.6) is 0 Å². The number of carboxylic acid groups (broad SMARTS) is 1. The maximum atomic E-state index is 14.3. The highest BCUT2D eigenvalue weighted by molar-refractivity contribution is 8.01. The van der Waals surface area contributed by atoms with Crippen molar-refractivity contribution in [2.45, 2.75) is 23.1 Å². The van der Waals surface area contributed by atoms with Gasteiger partial charge < -0.3 is 10.0 Å². The molecule has 0 fully saturated rings. The van der Waals surface area contributed by atoms with Crippen LogP contribution in [-0.2, 0) is 16.1 Å². The number of anilines is 1. The molecule has 1 unspecified atom stereocenters. The first-order chi connectivity index (χ1) is 13.3. The average molecular weight is 424 g/mol. The third-order valence-electron chi connectivity index (χ3n) is 4.19. The van der Waals surface area contributed by atoms with E-state index in [1.165, 1.54) is 23.1 Å². The minimum atomic E-state index is -1.18. The predicted octanol–water partition coefficient (Wildman–Crippen LogP) is 4.20. The number of thioether (sulfide) groups is 1. The predicted molar refractivity (Wildman–Crippen MR) is 99.0 cm³/mol. The summed E-state index contributed by atoms with van der Waals surface area (Å²) in [7, 11) is 0. The standard InChI is InChI=1S/C18H11F3N2O3S2/c19-8-4-5-10-17(15(8)21)28-13(22-10)7-23-11-3-1-2-9(20)16(11)27-12(18(23)26)6-14(24)25/h1-5,12H,6-7H2,(H,24,25). The van der Waals surface area contributed by atoms with Crippen molar-refractivity contribution in [3.63, 3.8) is 0 Å². The van der Waals surface area contributed by atoms with Crippen LogP contribution in [0.3, 0.4) is 0 Å². The van der Waals surface area contributed by atoms with E-state index in [1.54, 1.807) is 6.07 Å². The van der Waals surface area contributed by atoms with Crippen molar-refractivity contribution in [1.82, 2.24) is 4.98 Å². The van der Waals surface area contributed by atoms with Gasteiger partial charge in [-0.05, 0) is 24.3 Å². The van der Waals surface area contributed by atoms with Gasteiger partial charge in [0, 0.05) is 0 Å². The molecule has 28 heavy (non-hydrogen) atoms. The number of hydrogen-bond donors (Lipinski definition) is 1. The van der Waals surface area contributed by atoms with Gasteiger partial charge in [0.25, 0.3) is 0 Å². The Morgan fingerprint density at radius 1 is 1.18 bits per heavy atom. The lowest BCUT2D eigenvalue weighted by Gasteiger charge is -2.32. The van der Waals surface area contributed by atoms with Crippen LogP contribution in [0.4, 0.5) is 18.9 Å². The molecule has 0 radical (unpaired) electrons. The van der Waals surface area contributed by atoms with Crippen LogP contribution in [0.1, 0.15) is 11.4 Å². The van der Waals surface area contributed by atoms with E-state index in [1.807, 2.05) is 0 Å². The van der Waals surface area contributed by atoms with E-state index in [-0.39, 0.29) is 21.7 Å². The summed E-state index contributed by atoms with van der Waals surface area (Å²) in [5, 5.41) is 8.39. The second-order valence-corrected chi connectivity index (χ2v) is 8.33. The van der Waals surface area contributed by atoms with Crippen LogP contribution >= 0.6 is 23.1 Å². The van der Waals surface area contributed by atoms with Crippen LogP contribution in [-0.4, -0.2) is 27.2 Å². The Morgan fingerprint density at radius 2 is 1.96 bits per heavy atom. The van der Waals surface area contributed by atoms with E-state index < -0.39 is 41.0 Å². The second kappa shape index (κ2) is 7.10. The molecule has 0 saturated heterocycles. The first kappa shape index (κ1) is 18.8. The van der Waals surface area contributed by atoms with E-state index in [9.17, 15) is 22.8 Å². The number of carbonyl (C=O) groups excluding carboxylic acids is 1. The number of hydrogen-bond acceptors (Lipinski definition) is 5. The first-order valence-electron chi connectivity index (χ1n) is 8.07. The minimum Gasteiger partial charge on any atom is -0.481 e. The zero-order chi connectivity index (χ0) is 20.0. The number of fused-ring (bicyclic) bond motifs is 2. The fourth-order valence-corrected chi connectivity index (χ4v) is 5.14. The lowest BCUT2D eigenvalue weighted by molar-refractivity contribution is -0.138. The minimum absolute atomic E-state index is 0.0235. The monoisotopic (exact) mass is 424 g/mol. The van der Waals surface area contributed by atoms with Crippen LogP contribution in [0.2, 0.25) is 0 Å². The van der Waals surface area contributed by atoms with E-state index in [2.05, 4.69) is 4.98 Å². The number of thiazole rings is 1. The van der Waals surface area contributed by atoms with E-state index >= 15 is 0 Å². The highest BCUT2D eigenvalue weighted by Gasteiger charge is 2.36. The lowest BCUT2D eigenvalue weighted by Crippen LogP contribution is -2.41. The second-order valence-electron chi connectivity index (χ2n) is 6.03. The average Bonchev–Trinajstić information content (AvgIpc) is 3.06. The number of aliphatic carboxylic acids is 1. The van der Waals surface area contributed by atoms with Gasteiger partial charge in [0.1, 0.15) is 10.8 Å². The Morgan fingerprint density at radius 3 is 2.71 bits per heavy atom. The molecule has 1 aliphatic heterocycles. The molecule has 4 rings (SSSR count). The molecule has 2 heterocycles. The fraction of sp³-hybridized carbons (Fsp3) is 0.167. The van der Waals surface area contributed by atoms with Crippen molar-refractivity contribution in [2.24, 2.45) is 0 Å². The largest absolute Gasteiger partial charge is 0.481 e. The number of nitrogens with zero attached hydrogens (tertiary/aromatic N) is 2. The number of carboxylic acids is 1. The van der Waals surface area contributed by atoms with Crippen LogP contribution in [0, 0.1) is 17.5 Å². The zero-order valence-electron chi connectivity index (χ0n) is 14.0. The number of halogens is 3. The molecule has 1 aliphatic rings. The normalized spacial score (nSPS) is 16.5. The lowest BCUT2D eigenvalue weighted by atomic mass is 10.2. The van der Waals surface area contributed by atoms with E-state index in [0.717, 1.165) is 29.2 Å². The topological polar surface area (TPSA) is 70.5 Å². The van der Waals surface area contributed by atoms with Gasteiger partial charge in [-0.2, -0.15) is 0 Å². The van der Waals surface area contributed by atoms with Crippen LogP contribution in [0.25, 0.3) is 10.2 Å². The van der Waals surface area contributed by atoms with Gasteiger partial charge in [-0.3, -0.25) is 9.59 Å². The molecule has 1 aromatic heterocycles. The molecule has 2 aromatic carbocycles. The van der Waals surface area contributed by atoms with Crippen LogP contribution < -0.4 is 4.90 Å². The summed E-state index contributed by atoms with van der Waals surface area (Å²) in [6.07, 6.45) is -0.465. The number of benzene rings is 2. The number of rotatable bonds is 4. The molecule has 10 heteroatoms. The van der Waals surface area contributed by atoms with Crippen molar-refractivity contribution >= 4 is 50.9 Å². The summed E-state index contributed by atoms with van der Waals surface area (Å²) in [6, 6.07) is 6.53. The molecule has 0 saturated carbocycles. The molecule has 0 spiro atoms. The van der Waals surface area contributed by atoms with Gasteiger partial charge >= 0.3 is 5.97 Å². The Kier molecular flexibility index (Phi) is 4.76. The maximum Gasteiger partial charge on any atom is 0.305 e. The molecule has 1 N–H and O–H groups in total.